The topological polar surface area (TPSA) is 27.7 Å². The summed E-state index contributed by atoms with van der Waals surface area (Å²) in [4.78, 5) is 0. The summed E-state index contributed by atoms with van der Waals surface area (Å²) >= 11 is 37.8. The number of hydrogen-bond acceptors (Lipinski definition) is 18. The summed E-state index contributed by atoms with van der Waals surface area (Å²) in [5.41, 5.74) is 0. The van der Waals surface area contributed by atoms with Crippen molar-refractivity contribution in [2.75, 3.05) is 74.2 Å². The molecule has 0 N–H and O–H groups in total. The molecule has 0 aromatic carbocycles. The molecule has 0 saturated heterocycles. The second-order valence-electron chi connectivity index (χ2n) is 7.02. The van der Waals surface area contributed by atoms with E-state index in [0.29, 0.717) is 0 Å². The van der Waals surface area contributed by atoms with E-state index in [1.54, 1.807) is 68.0 Å². The molecule has 0 fully saturated rings. The van der Waals surface area contributed by atoms with Crippen molar-refractivity contribution in [3.8, 4) is 0 Å². The summed E-state index contributed by atoms with van der Waals surface area (Å²) in [5, 5.41) is 0. The molecular weight excluding hydrogens is 781 g/mol. The molecule has 3 nitrogen and oxygen atoms in total. The van der Waals surface area contributed by atoms with Gasteiger partial charge in [-0.05, 0) is 0 Å². The summed E-state index contributed by atoms with van der Waals surface area (Å²) in [6.07, 6.45) is 0. The fourth-order valence-corrected chi connectivity index (χ4v) is 20.6. The molecule has 1 aliphatic heterocycles. The van der Waals surface area contributed by atoms with Crippen molar-refractivity contribution in [3.63, 3.8) is 0 Å². The molecule has 18 heteroatoms. The van der Waals surface area contributed by atoms with Crippen LogP contribution in [0.25, 0.3) is 0 Å². The zero-order valence-corrected chi connectivity index (χ0v) is 32.6. The van der Waals surface area contributed by atoms with Crippen LogP contribution in [0.1, 0.15) is 0 Å². The molecule has 0 spiro atoms. The molecule has 216 valence electrons. The lowest BCUT2D eigenvalue weighted by molar-refractivity contribution is 0.167. The summed E-state index contributed by atoms with van der Waals surface area (Å²) in [5.74, 6) is 5.60. The van der Waals surface area contributed by atoms with Crippen molar-refractivity contribution in [1.29, 1.82) is 0 Å². The van der Waals surface area contributed by atoms with E-state index in [2.05, 4.69) is 0 Å². The number of hydrogen-bond donors (Lipinski definition) is 0. The second kappa shape index (κ2) is 20.0. The molecular formula is C21H24O3S15. The van der Waals surface area contributed by atoms with Gasteiger partial charge >= 0.3 is 0 Å². The van der Waals surface area contributed by atoms with E-state index in [-0.39, 0.29) is 0 Å². The predicted molar refractivity (Wildman–Crippen MR) is 196 cm³/mol. The van der Waals surface area contributed by atoms with E-state index in [9.17, 15) is 0 Å². The zero-order chi connectivity index (χ0) is 27.3. The van der Waals surface area contributed by atoms with Gasteiger partial charge in [-0.15, -0.1) is 139 Å². The van der Waals surface area contributed by atoms with Crippen molar-refractivity contribution in [2.45, 2.75) is 25.3 Å². The predicted octanol–water partition coefficient (Wildman–Crippen LogP) is 11.3. The summed E-state index contributed by atoms with van der Waals surface area (Å²) in [6, 6.07) is 0. The van der Waals surface area contributed by atoms with Crippen LogP contribution in [0.15, 0.2) is 25.3 Å². The third-order valence-electron chi connectivity index (χ3n) is 4.32. The van der Waals surface area contributed by atoms with Crippen LogP contribution in [0.2, 0.25) is 0 Å². The van der Waals surface area contributed by atoms with Gasteiger partial charge in [0.25, 0.3) is 0 Å². The largest absolute Gasteiger partial charge is 0.380 e. The molecule has 1 aliphatic rings. The minimum absolute atomic E-state index is 0.738. The maximum atomic E-state index is 5.93. The van der Waals surface area contributed by atoms with E-state index in [1.165, 1.54) is 25.3 Å². The molecule has 3 aromatic rings. The van der Waals surface area contributed by atoms with Gasteiger partial charge in [0, 0.05) is 34.5 Å². The molecule has 0 unspecified atom stereocenters. The van der Waals surface area contributed by atoms with E-state index < -0.39 is 0 Å². The highest BCUT2D eigenvalue weighted by Crippen LogP contribution is 2.42. The quantitative estimate of drug-likeness (QED) is 0.203. The number of ether oxygens (including phenoxy) is 3. The first-order chi connectivity index (χ1) is 19.1. The van der Waals surface area contributed by atoms with Gasteiger partial charge in [0.1, 0.15) is 9.41 Å². The van der Waals surface area contributed by atoms with Crippen LogP contribution in [0, 0.1) is 9.41 Å². The maximum absolute atomic E-state index is 5.93. The van der Waals surface area contributed by atoms with E-state index >= 15 is 0 Å². The Kier molecular flexibility index (Phi) is 17.8. The van der Waals surface area contributed by atoms with Gasteiger partial charge in [-0.1, -0.05) is 36.7 Å². The summed E-state index contributed by atoms with van der Waals surface area (Å²) < 4.78 is 28.6. The minimum atomic E-state index is 0.738. The van der Waals surface area contributed by atoms with Crippen LogP contribution in [0.4, 0.5) is 0 Å². The Bertz CT molecular complexity index is 1060. The third-order valence-corrected chi connectivity index (χ3v) is 20.9. The maximum Gasteiger partial charge on any atom is 0.145 e. The van der Waals surface area contributed by atoms with Gasteiger partial charge in [0.2, 0.25) is 0 Å². The lowest BCUT2D eigenvalue weighted by atomic mass is 10.8. The van der Waals surface area contributed by atoms with Gasteiger partial charge in [0.15, 0.2) is 0 Å². The SMILES string of the molecule is S=c1sc2c(s1)SCCOCCSc1sc(=S)sc1SCCOCCSc1sc(=S)sc1SCCOCCS2. The van der Waals surface area contributed by atoms with Crippen molar-refractivity contribution in [3.05, 3.63) is 9.41 Å². The summed E-state index contributed by atoms with van der Waals surface area (Å²) in [7, 11) is 0. The molecule has 4 heterocycles. The molecule has 0 bridgehead atoms. The van der Waals surface area contributed by atoms with Crippen molar-refractivity contribution in [1.82, 2.24) is 0 Å². The minimum Gasteiger partial charge on any atom is -0.380 e. The number of fused-ring (bicyclic) bond motifs is 3. The molecule has 0 radical (unpaired) electrons. The van der Waals surface area contributed by atoms with Gasteiger partial charge < -0.3 is 14.2 Å². The highest BCUT2D eigenvalue weighted by Gasteiger charge is 2.12. The van der Waals surface area contributed by atoms with Crippen molar-refractivity contribution < 1.29 is 14.2 Å². The van der Waals surface area contributed by atoms with Crippen LogP contribution in [-0.4, -0.2) is 74.2 Å². The number of rotatable bonds is 0. The van der Waals surface area contributed by atoms with Crippen LogP contribution in [-0.2, 0) is 14.2 Å². The molecule has 4 rings (SSSR count). The molecule has 0 atom stereocenters. The Morgan fingerprint density at radius 3 is 0.692 bits per heavy atom. The van der Waals surface area contributed by atoms with Crippen molar-refractivity contribution >= 4 is 175 Å². The average molecular weight is 805 g/mol. The highest BCUT2D eigenvalue weighted by atomic mass is 32.2. The first-order valence-electron chi connectivity index (χ1n) is 11.5. The van der Waals surface area contributed by atoms with Gasteiger partial charge in [0.05, 0.1) is 64.9 Å². The van der Waals surface area contributed by atoms with Crippen LogP contribution in [0.3, 0.4) is 0 Å². The first kappa shape index (κ1) is 34.7. The zero-order valence-electron chi connectivity index (χ0n) is 20.3. The van der Waals surface area contributed by atoms with E-state index in [1.807, 2.05) is 70.6 Å². The van der Waals surface area contributed by atoms with Gasteiger partial charge in [-0.25, -0.2) is 0 Å². The normalized spacial score (nSPS) is 18.5. The molecule has 0 aliphatic carbocycles. The van der Waals surface area contributed by atoms with E-state index in [0.717, 1.165) is 83.6 Å². The Morgan fingerprint density at radius 1 is 0.333 bits per heavy atom. The molecule has 3 aromatic heterocycles. The monoisotopic (exact) mass is 804 g/mol. The van der Waals surface area contributed by atoms with Crippen LogP contribution in [0.5, 0.6) is 0 Å². The van der Waals surface area contributed by atoms with Crippen molar-refractivity contribution in [2.24, 2.45) is 0 Å². The van der Waals surface area contributed by atoms with E-state index in [4.69, 9.17) is 50.9 Å². The summed E-state index contributed by atoms with van der Waals surface area (Å²) in [6.45, 7) is 4.43. The Morgan fingerprint density at radius 2 is 0.513 bits per heavy atom. The van der Waals surface area contributed by atoms with Gasteiger partial charge in [-0.3, -0.25) is 0 Å². The fraction of sp³-hybridized carbons (Fsp3) is 0.571. The lowest BCUT2D eigenvalue weighted by Crippen LogP contribution is -2.01. The van der Waals surface area contributed by atoms with Crippen LogP contribution >= 0.6 is 175 Å². The standard InChI is InChI=1S/C21H24O3S15/c25-19-34-13-14(35-19)30-9-3-23-5-11-32-17-18(39-21(27)38-17)33-12-6-24-4-10-31-16-15(36-20(26)37-16)29-8-2-22-1-7-28-13/h1-12H2. The van der Waals surface area contributed by atoms with Crippen LogP contribution < -0.4 is 0 Å². The highest BCUT2D eigenvalue weighted by molar-refractivity contribution is 8.06. The molecule has 0 amide bonds. The Hall–Kier alpha value is 2.79. The fourth-order valence-electron chi connectivity index (χ4n) is 2.76. The third kappa shape index (κ3) is 13.0. The molecule has 0 saturated carbocycles. The Labute approximate surface area is 294 Å². The second-order valence-corrected chi connectivity index (χ2v) is 24.9. The molecule has 39 heavy (non-hydrogen) atoms. The smallest absolute Gasteiger partial charge is 0.145 e. The Balaban J connectivity index is 1.31. The van der Waals surface area contributed by atoms with Gasteiger partial charge in [-0.2, -0.15) is 0 Å². The lowest BCUT2D eigenvalue weighted by Gasteiger charge is -2.06. The average Bonchev–Trinajstić information content (AvgIpc) is 3.57. The number of thioether (sulfide) groups is 6. The first-order valence-corrected chi connectivity index (χ1v) is 23.5.